The number of rotatable bonds is 9. The summed E-state index contributed by atoms with van der Waals surface area (Å²) in [5, 5.41) is 6.12. The van der Waals surface area contributed by atoms with Gasteiger partial charge in [-0.25, -0.2) is 22.8 Å². The molecule has 1 saturated carbocycles. The summed E-state index contributed by atoms with van der Waals surface area (Å²) in [6, 6.07) is 19.2. The van der Waals surface area contributed by atoms with E-state index in [-0.39, 0.29) is 30.9 Å². The number of furan rings is 1. The van der Waals surface area contributed by atoms with Gasteiger partial charge in [0.15, 0.2) is 5.82 Å². The number of nitrogens with zero attached hydrogens (tertiary/aromatic N) is 3. The summed E-state index contributed by atoms with van der Waals surface area (Å²) >= 11 is 0. The Kier molecular flexibility index (Phi) is 8.31. The lowest BCUT2D eigenvalue weighted by Crippen LogP contribution is -2.56. The first-order valence-corrected chi connectivity index (χ1v) is 17.0. The van der Waals surface area contributed by atoms with Crippen molar-refractivity contribution in [1.82, 2.24) is 20.6 Å². The number of sulfonamides is 1. The van der Waals surface area contributed by atoms with Crippen LogP contribution in [0.2, 0.25) is 0 Å². The zero-order valence-electron chi connectivity index (χ0n) is 26.4. The van der Waals surface area contributed by atoms with E-state index < -0.39 is 27.6 Å². The third-order valence-electron chi connectivity index (χ3n) is 8.45. The lowest BCUT2D eigenvalue weighted by Gasteiger charge is -2.43. The average Bonchev–Trinajstić information content (AvgIpc) is 3.42. The predicted molar refractivity (Wildman–Crippen MR) is 178 cm³/mol. The van der Waals surface area contributed by atoms with Crippen molar-refractivity contribution in [2.24, 2.45) is 0 Å². The second-order valence-corrected chi connectivity index (χ2v) is 13.6. The van der Waals surface area contributed by atoms with Crippen LogP contribution in [0.1, 0.15) is 51.9 Å². The maximum Gasteiger partial charge on any atom is 0.255 e. The van der Waals surface area contributed by atoms with E-state index in [0.29, 0.717) is 50.5 Å². The number of anilines is 1. The van der Waals surface area contributed by atoms with Crippen LogP contribution in [0, 0.1) is 6.92 Å². The Hall–Kier alpha value is -5.10. The van der Waals surface area contributed by atoms with Crippen molar-refractivity contribution >= 4 is 38.5 Å². The standard InChI is InChI=1S/C35H34FN5O5S/c1-5-41(47(4,44)45)28-18-29-27(30(33(43)37-3)31(46-29)22-12-10-21(2)11-13-22)17-26(28)23-8-6-9-24(16-23)32(42)40-35(19-25(36)20-35)34-38-14-7-15-39-34/h6-18,25H,5,19-20H2,1-4H3,(H,37,43)(H,40,42). The molecule has 242 valence electrons. The molecule has 12 heteroatoms. The van der Waals surface area contributed by atoms with Gasteiger partial charge >= 0.3 is 0 Å². The number of aromatic nitrogens is 2. The molecule has 0 bridgehead atoms. The van der Waals surface area contributed by atoms with Gasteiger partial charge in [-0.05, 0) is 43.7 Å². The highest BCUT2D eigenvalue weighted by atomic mass is 32.2. The molecule has 2 amide bonds. The Labute approximate surface area is 272 Å². The molecule has 3 aromatic carbocycles. The summed E-state index contributed by atoms with van der Waals surface area (Å²) in [7, 11) is -2.22. The topological polar surface area (TPSA) is 134 Å². The average molecular weight is 656 g/mol. The molecule has 0 spiro atoms. The molecular formula is C35H34FN5O5S. The molecule has 0 unspecified atom stereocenters. The van der Waals surface area contributed by atoms with E-state index in [0.717, 1.165) is 11.8 Å². The minimum absolute atomic E-state index is 0.0507. The summed E-state index contributed by atoms with van der Waals surface area (Å²) in [6.07, 6.45) is 3.23. The Balaban J connectivity index is 1.50. The Morgan fingerprint density at radius 2 is 1.70 bits per heavy atom. The fourth-order valence-electron chi connectivity index (χ4n) is 6.11. The van der Waals surface area contributed by atoms with Crippen LogP contribution in [-0.4, -0.2) is 56.2 Å². The van der Waals surface area contributed by atoms with Gasteiger partial charge < -0.3 is 15.1 Å². The van der Waals surface area contributed by atoms with Gasteiger partial charge in [-0.2, -0.15) is 0 Å². The van der Waals surface area contributed by atoms with Crippen molar-refractivity contribution in [1.29, 1.82) is 0 Å². The zero-order valence-corrected chi connectivity index (χ0v) is 27.2. The maximum absolute atomic E-state index is 14.2. The van der Waals surface area contributed by atoms with Gasteiger partial charge in [0.25, 0.3) is 11.8 Å². The summed E-state index contributed by atoms with van der Waals surface area (Å²) < 4.78 is 47.7. The molecule has 2 aromatic heterocycles. The second-order valence-electron chi connectivity index (χ2n) is 11.7. The van der Waals surface area contributed by atoms with Crippen molar-refractivity contribution in [2.75, 3.05) is 24.2 Å². The number of carbonyl (C=O) groups is 2. The molecule has 5 aromatic rings. The molecule has 1 aliphatic rings. The van der Waals surface area contributed by atoms with Crippen LogP contribution in [0.4, 0.5) is 10.1 Å². The van der Waals surface area contributed by atoms with Crippen LogP contribution in [0.25, 0.3) is 33.4 Å². The fourth-order valence-corrected chi connectivity index (χ4v) is 7.09. The highest BCUT2D eigenvalue weighted by molar-refractivity contribution is 7.92. The quantitative estimate of drug-likeness (QED) is 0.206. The monoisotopic (exact) mass is 655 g/mol. The fraction of sp³-hybridized carbons (Fsp3) is 0.257. The zero-order chi connectivity index (χ0) is 33.5. The minimum atomic E-state index is -3.75. The molecule has 10 nitrogen and oxygen atoms in total. The SMILES string of the molecule is CCN(c1cc2oc(-c3ccc(C)cc3)c(C(=O)NC)c2cc1-c1cccc(C(=O)NC2(c3ncccn3)CC(F)C2)c1)S(C)(=O)=O. The van der Waals surface area contributed by atoms with Gasteiger partial charge in [0.1, 0.15) is 23.1 Å². The van der Waals surface area contributed by atoms with Gasteiger partial charge in [-0.1, -0.05) is 42.0 Å². The molecule has 1 fully saturated rings. The van der Waals surface area contributed by atoms with Crippen molar-refractivity contribution in [3.05, 3.63) is 102 Å². The highest BCUT2D eigenvalue weighted by Crippen LogP contribution is 2.43. The highest BCUT2D eigenvalue weighted by Gasteiger charge is 2.49. The first kappa shape index (κ1) is 31.9. The molecular weight excluding hydrogens is 621 g/mol. The molecule has 2 heterocycles. The number of fused-ring (bicyclic) bond motifs is 1. The van der Waals surface area contributed by atoms with Crippen LogP contribution >= 0.6 is 0 Å². The van der Waals surface area contributed by atoms with Crippen LogP contribution < -0.4 is 14.9 Å². The van der Waals surface area contributed by atoms with Crippen LogP contribution in [0.3, 0.4) is 0 Å². The summed E-state index contributed by atoms with van der Waals surface area (Å²) in [6.45, 7) is 3.80. The Morgan fingerprint density at radius 3 is 2.32 bits per heavy atom. The summed E-state index contributed by atoms with van der Waals surface area (Å²) in [4.78, 5) is 35.5. The summed E-state index contributed by atoms with van der Waals surface area (Å²) in [5.74, 6) is -0.149. The molecule has 6 rings (SSSR count). The van der Waals surface area contributed by atoms with E-state index >= 15 is 0 Å². The molecule has 2 N–H and O–H groups in total. The van der Waals surface area contributed by atoms with Crippen LogP contribution in [0.5, 0.6) is 0 Å². The number of hydrogen-bond acceptors (Lipinski definition) is 7. The van der Waals surface area contributed by atoms with E-state index in [1.54, 1.807) is 61.8 Å². The van der Waals surface area contributed by atoms with Crippen molar-refractivity contribution in [3.63, 3.8) is 0 Å². The van der Waals surface area contributed by atoms with E-state index in [9.17, 15) is 22.4 Å². The number of alkyl halides is 1. The molecule has 1 aliphatic carbocycles. The number of halogens is 1. The normalized spacial score (nSPS) is 17.6. The first-order valence-electron chi connectivity index (χ1n) is 15.2. The minimum Gasteiger partial charge on any atom is -0.455 e. The number of benzene rings is 3. The molecule has 0 radical (unpaired) electrons. The third kappa shape index (κ3) is 5.96. The molecule has 47 heavy (non-hydrogen) atoms. The molecule has 0 atom stereocenters. The third-order valence-corrected chi connectivity index (χ3v) is 9.71. The lowest BCUT2D eigenvalue weighted by atomic mass is 9.74. The van der Waals surface area contributed by atoms with E-state index in [2.05, 4.69) is 20.6 Å². The number of hydrogen-bond donors (Lipinski definition) is 2. The van der Waals surface area contributed by atoms with Crippen molar-refractivity contribution in [3.8, 4) is 22.5 Å². The van der Waals surface area contributed by atoms with E-state index in [1.807, 2.05) is 31.2 Å². The van der Waals surface area contributed by atoms with Crippen molar-refractivity contribution < 1.29 is 26.8 Å². The number of carbonyl (C=O) groups excluding carboxylic acids is 2. The Bertz CT molecular complexity index is 2090. The Morgan fingerprint density at radius 1 is 1.00 bits per heavy atom. The molecule has 0 saturated heterocycles. The first-order chi connectivity index (χ1) is 22.4. The smallest absolute Gasteiger partial charge is 0.255 e. The van der Waals surface area contributed by atoms with Gasteiger partial charge in [0.05, 0.1) is 17.5 Å². The number of aryl methyl sites for hydroxylation is 1. The van der Waals surface area contributed by atoms with E-state index in [4.69, 9.17) is 4.42 Å². The van der Waals surface area contributed by atoms with Gasteiger partial charge in [0, 0.05) is 67.0 Å². The summed E-state index contributed by atoms with van der Waals surface area (Å²) in [5.41, 5.74) is 2.89. The van der Waals surface area contributed by atoms with Gasteiger partial charge in [-0.15, -0.1) is 0 Å². The number of nitrogens with one attached hydrogen (secondary N) is 2. The second kappa shape index (κ2) is 12.3. The van der Waals surface area contributed by atoms with Crippen LogP contribution in [-0.2, 0) is 15.6 Å². The lowest BCUT2D eigenvalue weighted by molar-refractivity contribution is 0.0481. The van der Waals surface area contributed by atoms with Gasteiger partial charge in [0.2, 0.25) is 10.0 Å². The molecule has 0 aliphatic heterocycles. The van der Waals surface area contributed by atoms with Crippen molar-refractivity contribution in [2.45, 2.75) is 38.4 Å². The van der Waals surface area contributed by atoms with Gasteiger partial charge in [-0.3, -0.25) is 13.9 Å². The van der Waals surface area contributed by atoms with Crippen LogP contribution in [0.15, 0.2) is 83.5 Å². The van der Waals surface area contributed by atoms with E-state index in [1.165, 1.54) is 11.4 Å². The maximum atomic E-state index is 14.2. The number of amides is 2. The predicted octanol–water partition coefficient (Wildman–Crippen LogP) is 5.77. The largest absolute Gasteiger partial charge is 0.455 e.